The van der Waals surface area contributed by atoms with Crippen LogP contribution in [0.15, 0.2) is 18.3 Å². The van der Waals surface area contributed by atoms with Gasteiger partial charge in [0.2, 0.25) is 11.8 Å². The molecule has 1 aromatic rings. The van der Waals surface area contributed by atoms with E-state index in [1.165, 1.54) is 25.5 Å². The topological polar surface area (TPSA) is 74.3 Å². The summed E-state index contributed by atoms with van der Waals surface area (Å²) in [5.74, 6) is 1.27. The van der Waals surface area contributed by atoms with E-state index in [4.69, 9.17) is 11.6 Å². The summed E-state index contributed by atoms with van der Waals surface area (Å²) in [7, 11) is 0. The Bertz CT molecular complexity index is 631. The number of rotatable bonds is 6. The Morgan fingerprint density at radius 1 is 1.15 bits per heavy atom. The number of hydrogen-bond acceptors (Lipinski definition) is 4. The lowest BCUT2D eigenvalue weighted by Crippen LogP contribution is -2.44. The second kappa shape index (κ2) is 10.0. The molecule has 1 saturated heterocycles. The van der Waals surface area contributed by atoms with Crippen LogP contribution in [0, 0.1) is 11.8 Å². The Morgan fingerprint density at radius 2 is 1.96 bits per heavy atom. The molecule has 1 unspecified atom stereocenters. The molecule has 1 aliphatic carbocycles. The van der Waals surface area contributed by atoms with Crippen LogP contribution in [0.25, 0.3) is 0 Å². The fourth-order valence-electron chi connectivity index (χ4n) is 4.05. The molecule has 0 bridgehead atoms. The molecule has 1 aromatic heterocycles. The SMILES string of the molecule is O=C(CN1CCCC(CNC(=O)C2CCCCC2)C1)Nc1ccc(Cl)cn1. The highest BCUT2D eigenvalue weighted by Gasteiger charge is 2.25. The summed E-state index contributed by atoms with van der Waals surface area (Å²) in [5.41, 5.74) is 0. The van der Waals surface area contributed by atoms with Gasteiger partial charge in [0.1, 0.15) is 5.82 Å². The lowest BCUT2D eigenvalue weighted by molar-refractivity contribution is -0.126. The van der Waals surface area contributed by atoms with Crippen LogP contribution in [0.1, 0.15) is 44.9 Å². The minimum Gasteiger partial charge on any atom is -0.356 e. The molecule has 2 amide bonds. The quantitative estimate of drug-likeness (QED) is 0.780. The monoisotopic (exact) mass is 392 g/mol. The number of nitrogens with one attached hydrogen (secondary N) is 2. The van der Waals surface area contributed by atoms with E-state index >= 15 is 0 Å². The summed E-state index contributed by atoms with van der Waals surface area (Å²) in [5, 5.41) is 6.50. The molecule has 3 rings (SSSR count). The van der Waals surface area contributed by atoms with Gasteiger partial charge in [-0.2, -0.15) is 0 Å². The second-order valence-corrected chi connectivity index (χ2v) is 8.17. The molecule has 27 heavy (non-hydrogen) atoms. The zero-order chi connectivity index (χ0) is 19.1. The van der Waals surface area contributed by atoms with Crippen molar-refractivity contribution < 1.29 is 9.59 Å². The third kappa shape index (κ3) is 6.47. The summed E-state index contributed by atoms with van der Waals surface area (Å²) < 4.78 is 0. The molecule has 2 aliphatic rings. The molecular formula is C20H29ClN4O2. The smallest absolute Gasteiger partial charge is 0.239 e. The Hall–Kier alpha value is -1.66. The van der Waals surface area contributed by atoms with Gasteiger partial charge in [-0.1, -0.05) is 30.9 Å². The van der Waals surface area contributed by atoms with Crippen molar-refractivity contribution in [3.63, 3.8) is 0 Å². The third-order valence-electron chi connectivity index (χ3n) is 5.51. The molecule has 2 fully saturated rings. The average molecular weight is 393 g/mol. The van der Waals surface area contributed by atoms with E-state index in [9.17, 15) is 9.59 Å². The summed E-state index contributed by atoms with van der Waals surface area (Å²) in [6.07, 6.45) is 9.33. The first-order valence-corrected chi connectivity index (χ1v) is 10.4. The highest BCUT2D eigenvalue weighted by molar-refractivity contribution is 6.30. The van der Waals surface area contributed by atoms with Crippen LogP contribution in [-0.4, -0.2) is 47.9 Å². The molecule has 0 aromatic carbocycles. The van der Waals surface area contributed by atoms with E-state index in [2.05, 4.69) is 20.5 Å². The number of amides is 2. The third-order valence-corrected chi connectivity index (χ3v) is 5.73. The van der Waals surface area contributed by atoms with Crippen LogP contribution in [0.4, 0.5) is 5.82 Å². The number of anilines is 1. The number of carbonyl (C=O) groups excluding carboxylic acids is 2. The minimum atomic E-state index is -0.0725. The largest absolute Gasteiger partial charge is 0.356 e. The number of halogens is 1. The molecule has 1 atom stereocenters. The maximum atomic E-state index is 12.3. The Kier molecular flexibility index (Phi) is 7.47. The summed E-state index contributed by atoms with van der Waals surface area (Å²) in [6, 6.07) is 3.40. The fourth-order valence-corrected chi connectivity index (χ4v) is 4.16. The van der Waals surface area contributed by atoms with E-state index in [0.29, 0.717) is 29.8 Å². The van der Waals surface area contributed by atoms with Crippen LogP contribution >= 0.6 is 11.6 Å². The molecule has 0 radical (unpaired) electrons. The van der Waals surface area contributed by atoms with Crippen LogP contribution < -0.4 is 10.6 Å². The highest BCUT2D eigenvalue weighted by atomic mass is 35.5. The molecule has 0 spiro atoms. The minimum absolute atomic E-state index is 0.0725. The summed E-state index contributed by atoms with van der Waals surface area (Å²) >= 11 is 5.81. The van der Waals surface area contributed by atoms with Gasteiger partial charge in [0.15, 0.2) is 0 Å². The van der Waals surface area contributed by atoms with Gasteiger partial charge in [-0.05, 0) is 50.3 Å². The maximum Gasteiger partial charge on any atom is 0.239 e. The number of nitrogens with zero attached hydrogens (tertiary/aromatic N) is 2. The molecule has 2 heterocycles. The molecule has 6 nitrogen and oxygen atoms in total. The normalized spacial score (nSPS) is 21.6. The van der Waals surface area contributed by atoms with Crippen LogP contribution in [0.5, 0.6) is 0 Å². The van der Waals surface area contributed by atoms with E-state index < -0.39 is 0 Å². The standard InChI is InChI=1S/C20H29ClN4O2/c21-17-8-9-18(22-12-17)24-19(26)14-25-10-4-5-15(13-25)11-23-20(27)16-6-2-1-3-7-16/h8-9,12,15-16H,1-7,10-11,13-14H2,(H,23,27)(H,22,24,26). The van der Waals surface area contributed by atoms with Crippen molar-refractivity contribution in [3.8, 4) is 0 Å². The predicted molar refractivity (Wildman–Crippen MR) is 107 cm³/mol. The van der Waals surface area contributed by atoms with Gasteiger partial charge in [0.25, 0.3) is 0 Å². The number of piperidine rings is 1. The van der Waals surface area contributed by atoms with E-state index in [0.717, 1.165) is 38.8 Å². The van der Waals surface area contributed by atoms with Crippen molar-refractivity contribution in [1.82, 2.24) is 15.2 Å². The van der Waals surface area contributed by atoms with Crippen LogP contribution in [0.2, 0.25) is 5.02 Å². The lowest BCUT2D eigenvalue weighted by Gasteiger charge is -2.32. The molecule has 1 aliphatic heterocycles. The van der Waals surface area contributed by atoms with Crippen LogP contribution in [-0.2, 0) is 9.59 Å². The van der Waals surface area contributed by atoms with Crippen molar-refractivity contribution in [2.45, 2.75) is 44.9 Å². The predicted octanol–water partition coefficient (Wildman–Crippen LogP) is 3.08. The average Bonchev–Trinajstić information content (AvgIpc) is 2.69. The second-order valence-electron chi connectivity index (χ2n) is 7.73. The van der Waals surface area contributed by atoms with Gasteiger partial charge in [0, 0.05) is 25.2 Å². The van der Waals surface area contributed by atoms with Crippen molar-refractivity contribution >= 4 is 29.2 Å². The number of carbonyl (C=O) groups is 2. The van der Waals surface area contributed by atoms with Gasteiger partial charge in [-0.25, -0.2) is 4.98 Å². The number of aromatic nitrogens is 1. The molecule has 1 saturated carbocycles. The van der Waals surface area contributed by atoms with Gasteiger partial charge < -0.3 is 10.6 Å². The Balaban J connectivity index is 1.40. The van der Waals surface area contributed by atoms with Crippen molar-refractivity contribution in [2.24, 2.45) is 11.8 Å². The Morgan fingerprint density at radius 3 is 2.70 bits per heavy atom. The first-order chi connectivity index (χ1) is 13.1. The highest BCUT2D eigenvalue weighted by Crippen LogP contribution is 2.24. The summed E-state index contributed by atoms with van der Waals surface area (Å²) in [4.78, 5) is 30.8. The summed E-state index contributed by atoms with van der Waals surface area (Å²) in [6.45, 7) is 2.81. The number of pyridine rings is 1. The Labute approximate surface area is 166 Å². The van der Waals surface area contributed by atoms with Gasteiger partial charge in [-0.15, -0.1) is 0 Å². The van der Waals surface area contributed by atoms with E-state index in [1.807, 2.05) is 0 Å². The van der Waals surface area contributed by atoms with E-state index in [-0.39, 0.29) is 17.7 Å². The van der Waals surface area contributed by atoms with Crippen molar-refractivity contribution in [1.29, 1.82) is 0 Å². The zero-order valence-corrected chi connectivity index (χ0v) is 16.5. The first kappa shape index (κ1) is 20.1. The maximum absolute atomic E-state index is 12.3. The number of hydrogen-bond donors (Lipinski definition) is 2. The van der Waals surface area contributed by atoms with E-state index in [1.54, 1.807) is 12.1 Å². The number of likely N-dealkylation sites (tertiary alicyclic amines) is 1. The molecule has 7 heteroatoms. The van der Waals surface area contributed by atoms with Gasteiger partial charge >= 0.3 is 0 Å². The lowest BCUT2D eigenvalue weighted by atomic mass is 9.88. The van der Waals surface area contributed by atoms with Crippen molar-refractivity contribution in [2.75, 3.05) is 31.5 Å². The first-order valence-electron chi connectivity index (χ1n) is 10.0. The van der Waals surface area contributed by atoms with Crippen molar-refractivity contribution in [3.05, 3.63) is 23.4 Å². The molecule has 2 N–H and O–H groups in total. The fraction of sp³-hybridized carbons (Fsp3) is 0.650. The zero-order valence-electron chi connectivity index (χ0n) is 15.8. The van der Waals surface area contributed by atoms with Crippen LogP contribution in [0.3, 0.4) is 0 Å². The van der Waals surface area contributed by atoms with Gasteiger partial charge in [0.05, 0.1) is 11.6 Å². The molecule has 148 valence electrons. The molecular weight excluding hydrogens is 364 g/mol. The van der Waals surface area contributed by atoms with Gasteiger partial charge in [-0.3, -0.25) is 14.5 Å².